The summed E-state index contributed by atoms with van der Waals surface area (Å²) in [5, 5.41) is 5.96. The molecule has 3 aromatic carbocycles. The van der Waals surface area contributed by atoms with Crippen LogP contribution >= 0.6 is 11.6 Å². The van der Waals surface area contributed by atoms with Gasteiger partial charge in [-0.15, -0.1) is 0 Å². The minimum atomic E-state index is -0.503. The van der Waals surface area contributed by atoms with Crippen molar-refractivity contribution in [1.82, 2.24) is 0 Å². The maximum atomic E-state index is 13.5. The largest absolute Gasteiger partial charge is 0.493 e. The molecule has 0 aliphatic heterocycles. The molecule has 0 atom stereocenters. The van der Waals surface area contributed by atoms with Crippen molar-refractivity contribution in [3.05, 3.63) is 75.4 Å². The van der Waals surface area contributed by atoms with Crippen molar-refractivity contribution in [2.24, 2.45) is 0 Å². The van der Waals surface area contributed by atoms with E-state index >= 15 is 0 Å². The Bertz CT molecular complexity index is 1580. The lowest BCUT2D eigenvalue weighted by Crippen LogP contribution is -2.22. The van der Waals surface area contributed by atoms with Crippen LogP contribution in [0.2, 0.25) is 5.02 Å². The third-order valence-electron chi connectivity index (χ3n) is 5.61. The fourth-order valence-electron chi connectivity index (χ4n) is 3.77. The maximum absolute atomic E-state index is 13.5. The van der Waals surface area contributed by atoms with E-state index in [2.05, 4.69) is 10.6 Å². The summed E-state index contributed by atoms with van der Waals surface area (Å²) in [7, 11) is 3.01. The zero-order chi connectivity index (χ0) is 27.4. The van der Waals surface area contributed by atoms with Gasteiger partial charge in [-0.1, -0.05) is 11.6 Å². The van der Waals surface area contributed by atoms with Gasteiger partial charge in [0.15, 0.2) is 23.9 Å². The van der Waals surface area contributed by atoms with E-state index in [1.165, 1.54) is 27.2 Å². The molecule has 4 aromatic rings. The monoisotopic (exact) mass is 536 g/mol. The Labute approximate surface area is 223 Å². The highest BCUT2D eigenvalue weighted by Crippen LogP contribution is 2.37. The van der Waals surface area contributed by atoms with Gasteiger partial charge in [0.05, 0.1) is 19.6 Å². The van der Waals surface area contributed by atoms with Gasteiger partial charge >= 0.3 is 0 Å². The highest BCUT2D eigenvalue weighted by atomic mass is 35.5. The average molecular weight is 537 g/mol. The predicted molar refractivity (Wildman–Crippen MR) is 146 cm³/mol. The quantitative estimate of drug-likeness (QED) is 0.309. The van der Waals surface area contributed by atoms with Gasteiger partial charge in [-0.05, 0) is 67.1 Å². The van der Waals surface area contributed by atoms with E-state index in [-0.39, 0.29) is 22.8 Å². The number of hydrogen-bond acceptors (Lipinski definition) is 7. The number of fused-ring (bicyclic) bond motifs is 1. The van der Waals surface area contributed by atoms with E-state index in [1.807, 2.05) is 0 Å². The standard InChI is InChI=1S/C28H25ClN2O7/c1-15-11-23-20(13-21(15)29)26(34)28(27(38-23)17-5-10-22(35-3)24(12-17)36-4)37-14-25(33)31-19-8-6-18(7-9-19)30-16(2)32/h5-13H,14H2,1-4H3,(H,30,32)(H,31,33). The zero-order valence-corrected chi connectivity index (χ0v) is 21.9. The van der Waals surface area contributed by atoms with E-state index in [0.29, 0.717) is 39.0 Å². The third-order valence-corrected chi connectivity index (χ3v) is 6.02. The maximum Gasteiger partial charge on any atom is 0.262 e. The first-order chi connectivity index (χ1) is 18.2. The Kier molecular flexibility index (Phi) is 7.87. The lowest BCUT2D eigenvalue weighted by atomic mass is 10.1. The fourth-order valence-corrected chi connectivity index (χ4v) is 3.94. The minimum absolute atomic E-state index is 0.123. The molecule has 0 radical (unpaired) electrons. The van der Waals surface area contributed by atoms with Gasteiger partial charge in [0.25, 0.3) is 5.91 Å². The number of aryl methyl sites for hydroxylation is 1. The second kappa shape index (κ2) is 11.3. The van der Waals surface area contributed by atoms with E-state index < -0.39 is 17.9 Å². The number of amides is 2. The van der Waals surface area contributed by atoms with Crippen molar-refractivity contribution in [2.75, 3.05) is 31.5 Å². The second-order valence-corrected chi connectivity index (χ2v) is 8.76. The Morgan fingerprint density at radius 1 is 0.921 bits per heavy atom. The first kappa shape index (κ1) is 26.6. The van der Waals surface area contributed by atoms with Gasteiger partial charge in [0.2, 0.25) is 17.1 Å². The average Bonchev–Trinajstić information content (AvgIpc) is 2.89. The van der Waals surface area contributed by atoms with Crippen molar-refractivity contribution in [3.8, 4) is 28.6 Å². The molecule has 0 aliphatic rings. The summed E-state index contributed by atoms with van der Waals surface area (Å²) >= 11 is 6.26. The summed E-state index contributed by atoms with van der Waals surface area (Å²) < 4.78 is 22.6. The van der Waals surface area contributed by atoms with E-state index in [4.69, 9.17) is 30.2 Å². The molecule has 0 unspecified atom stereocenters. The molecular formula is C28H25ClN2O7. The molecular weight excluding hydrogens is 512 g/mol. The van der Waals surface area contributed by atoms with Crippen LogP contribution in [-0.4, -0.2) is 32.6 Å². The van der Waals surface area contributed by atoms with Crippen molar-refractivity contribution in [3.63, 3.8) is 0 Å². The third kappa shape index (κ3) is 5.73. The van der Waals surface area contributed by atoms with Crippen LogP contribution in [0.5, 0.6) is 17.2 Å². The molecule has 38 heavy (non-hydrogen) atoms. The van der Waals surface area contributed by atoms with Crippen molar-refractivity contribution in [2.45, 2.75) is 13.8 Å². The molecule has 0 fully saturated rings. The van der Waals surface area contributed by atoms with Crippen LogP contribution in [0.3, 0.4) is 0 Å². The molecule has 0 spiro atoms. The Balaban J connectivity index is 1.67. The van der Waals surface area contributed by atoms with Gasteiger partial charge < -0.3 is 29.3 Å². The van der Waals surface area contributed by atoms with E-state index in [0.717, 1.165) is 5.56 Å². The molecule has 0 aliphatic carbocycles. The first-order valence-electron chi connectivity index (χ1n) is 11.5. The summed E-state index contributed by atoms with van der Waals surface area (Å²) in [5.41, 5.74) is 2.13. The van der Waals surface area contributed by atoms with Crippen LogP contribution in [0.15, 0.2) is 63.8 Å². The van der Waals surface area contributed by atoms with Gasteiger partial charge in [-0.2, -0.15) is 0 Å². The zero-order valence-electron chi connectivity index (χ0n) is 21.1. The van der Waals surface area contributed by atoms with Gasteiger partial charge in [0, 0.05) is 28.9 Å². The minimum Gasteiger partial charge on any atom is -0.493 e. The molecule has 1 heterocycles. The highest BCUT2D eigenvalue weighted by molar-refractivity contribution is 6.32. The Morgan fingerprint density at radius 2 is 1.58 bits per heavy atom. The number of rotatable bonds is 8. The molecule has 2 N–H and O–H groups in total. The van der Waals surface area contributed by atoms with Crippen molar-refractivity contribution < 1.29 is 28.2 Å². The summed E-state index contributed by atoms with van der Waals surface area (Å²) in [5.74, 6) is 0.182. The molecule has 0 saturated carbocycles. The van der Waals surface area contributed by atoms with E-state index in [9.17, 15) is 14.4 Å². The van der Waals surface area contributed by atoms with Gasteiger partial charge in [-0.3, -0.25) is 14.4 Å². The van der Waals surface area contributed by atoms with Crippen LogP contribution < -0.4 is 30.3 Å². The molecule has 196 valence electrons. The summed E-state index contributed by atoms with van der Waals surface area (Å²) in [6, 6.07) is 14.8. The number of halogens is 1. The summed E-state index contributed by atoms with van der Waals surface area (Å²) in [6.45, 7) is 2.74. The molecule has 2 amide bonds. The second-order valence-electron chi connectivity index (χ2n) is 8.35. The fraction of sp³-hybridized carbons (Fsp3) is 0.179. The van der Waals surface area contributed by atoms with Crippen LogP contribution in [0.4, 0.5) is 11.4 Å². The molecule has 4 rings (SSSR count). The van der Waals surface area contributed by atoms with E-state index in [1.54, 1.807) is 55.5 Å². The summed E-state index contributed by atoms with van der Waals surface area (Å²) in [4.78, 5) is 37.3. The van der Waals surface area contributed by atoms with Crippen LogP contribution in [0.25, 0.3) is 22.3 Å². The Hall–Kier alpha value is -4.50. The smallest absolute Gasteiger partial charge is 0.262 e. The summed E-state index contributed by atoms with van der Waals surface area (Å²) in [6.07, 6.45) is 0. The first-order valence-corrected chi connectivity index (χ1v) is 11.9. The molecule has 9 nitrogen and oxygen atoms in total. The van der Waals surface area contributed by atoms with Crippen LogP contribution in [0, 0.1) is 6.92 Å². The SMILES string of the molecule is COc1ccc(-c2oc3cc(C)c(Cl)cc3c(=O)c2OCC(=O)Nc2ccc(NC(C)=O)cc2)cc1OC. The number of nitrogens with one attached hydrogen (secondary N) is 2. The lowest BCUT2D eigenvalue weighted by Gasteiger charge is -2.14. The lowest BCUT2D eigenvalue weighted by molar-refractivity contribution is -0.118. The number of carbonyl (C=O) groups is 2. The number of carbonyl (C=O) groups excluding carboxylic acids is 2. The number of anilines is 2. The number of methoxy groups -OCH3 is 2. The Morgan fingerprint density at radius 3 is 2.21 bits per heavy atom. The van der Waals surface area contributed by atoms with Crippen molar-refractivity contribution in [1.29, 1.82) is 0 Å². The highest BCUT2D eigenvalue weighted by Gasteiger charge is 2.21. The van der Waals surface area contributed by atoms with Crippen LogP contribution in [-0.2, 0) is 9.59 Å². The van der Waals surface area contributed by atoms with Gasteiger partial charge in [0.1, 0.15) is 5.58 Å². The molecule has 0 bridgehead atoms. The predicted octanol–water partition coefficient (Wildman–Crippen LogP) is 5.41. The number of hydrogen-bond donors (Lipinski definition) is 2. The molecule has 0 saturated heterocycles. The van der Waals surface area contributed by atoms with Gasteiger partial charge in [-0.25, -0.2) is 0 Å². The molecule has 1 aromatic heterocycles. The normalized spacial score (nSPS) is 10.7. The number of ether oxygens (including phenoxy) is 3. The topological polar surface area (TPSA) is 116 Å². The number of benzene rings is 3. The molecule has 10 heteroatoms. The van der Waals surface area contributed by atoms with Crippen molar-refractivity contribution >= 4 is 45.8 Å². The van der Waals surface area contributed by atoms with Crippen LogP contribution in [0.1, 0.15) is 12.5 Å².